The zero-order chi connectivity index (χ0) is 18.1. The molecule has 144 valence electrons. The Morgan fingerprint density at radius 3 is 2.73 bits per heavy atom. The van der Waals surface area contributed by atoms with Gasteiger partial charge in [-0.15, -0.1) is 24.0 Å². The average molecular weight is 475 g/mol. The third-order valence-corrected chi connectivity index (χ3v) is 3.75. The van der Waals surface area contributed by atoms with Crippen LogP contribution in [-0.2, 0) is 13.6 Å². The molecule has 0 saturated carbocycles. The second-order valence-corrected chi connectivity index (χ2v) is 5.65. The van der Waals surface area contributed by atoms with E-state index in [0.29, 0.717) is 12.2 Å². The van der Waals surface area contributed by atoms with Crippen molar-refractivity contribution in [2.75, 3.05) is 31.6 Å². The first-order valence-electron chi connectivity index (χ1n) is 8.42. The molecule has 0 aliphatic carbocycles. The Hall–Kier alpha value is -1.91. The lowest BCUT2D eigenvalue weighted by atomic mass is 10.2. The first kappa shape index (κ1) is 22.1. The van der Waals surface area contributed by atoms with Crippen LogP contribution in [-0.4, -0.2) is 47.4 Å². The van der Waals surface area contributed by atoms with Gasteiger partial charge in [0.2, 0.25) is 0 Å². The minimum absolute atomic E-state index is 0. The molecule has 0 fully saturated rings. The van der Waals surface area contributed by atoms with Crippen molar-refractivity contribution in [3.8, 4) is 0 Å². The van der Waals surface area contributed by atoms with Crippen LogP contribution in [0.4, 0.5) is 10.1 Å². The van der Waals surface area contributed by atoms with Crippen molar-refractivity contribution in [3.05, 3.63) is 42.2 Å². The molecule has 0 aliphatic heterocycles. The smallest absolute Gasteiger partial charge is 0.191 e. The zero-order valence-corrected chi connectivity index (χ0v) is 17.8. The van der Waals surface area contributed by atoms with Crippen LogP contribution >= 0.6 is 24.0 Å². The number of aromatic nitrogens is 3. The Morgan fingerprint density at radius 2 is 2.08 bits per heavy atom. The van der Waals surface area contributed by atoms with Crippen LogP contribution in [0.1, 0.15) is 19.2 Å². The van der Waals surface area contributed by atoms with Crippen LogP contribution in [0.5, 0.6) is 0 Å². The summed E-state index contributed by atoms with van der Waals surface area (Å²) in [6.45, 7) is 4.74. The average Bonchev–Trinajstić information content (AvgIpc) is 3.01. The Kier molecular flexibility index (Phi) is 9.92. The molecule has 26 heavy (non-hydrogen) atoms. The molecule has 1 aromatic carbocycles. The summed E-state index contributed by atoms with van der Waals surface area (Å²) in [6.07, 6.45) is 2.38. The van der Waals surface area contributed by atoms with E-state index in [4.69, 9.17) is 0 Å². The van der Waals surface area contributed by atoms with Crippen LogP contribution in [0.25, 0.3) is 0 Å². The van der Waals surface area contributed by atoms with Crippen molar-refractivity contribution < 1.29 is 4.39 Å². The van der Waals surface area contributed by atoms with E-state index in [-0.39, 0.29) is 29.8 Å². The molecular formula is C17H27FIN7. The largest absolute Gasteiger partial charge is 0.372 e. The van der Waals surface area contributed by atoms with Crippen molar-refractivity contribution in [2.45, 2.75) is 19.9 Å². The second-order valence-electron chi connectivity index (χ2n) is 5.65. The number of nitrogens with one attached hydrogen (secondary N) is 2. The Labute approximate surface area is 171 Å². The molecule has 0 amide bonds. The third-order valence-electron chi connectivity index (χ3n) is 3.75. The van der Waals surface area contributed by atoms with Crippen molar-refractivity contribution in [2.24, 2.45) is 12.0 Å². The molecule has 0 saturated heterocycles. The lowest BCUT2D eigenvalue weighted by molar-refractivity contribution is 0.619. The van der Waals surface area contributed by atoms with Gasteiger partial charge in [-0.1, -0.05) is 12.1 Å². The first-order valence-corrected chi connectivity index (χ1v) is 8.42. The molecule has 1 aromatic heterocycles. The third kappa shape index (κ3) is 6.77. The molecule has 2 N–H and O–H groups in total. The van der Waals surface area contributed by atoms with Gasteiger partial charge in [0.25, 0.3) is 0 Å². The Balaban J connectivity index is 0.00000338. The van der Waals surface area contributed by atoms with Gasteiger partial charge in [0.1, 0.15) is 24.5 Å². The van der Waals surface area contributed by atoms with Gasteiger partial charge in [-0.25, -0.2) is 14.4 Å². The Morgan fingerprint density at radius 1 is 1.31 bits per heavy atom. The van der Waals surface area contributed by atoms with Gasteiger partial charge in [-0.2, -0.15) is 5.10 Å². The maximum atomic E-state index is 13.7. The molecule has 0 bridgehead atoms. The zero-order valence-electron chi connectivity index (χ0n) is 15.4. The Bertz CT molecular complexity index is 689. The number of rotatable bonds is 8. The maximum Gasteiger partial charge on any atom is 0.191 e. The number of aryl methyl sites for hydroxylation is 1. The van der Waals surface area contributed by atoms with E-state index in [1.807, 2.05) is 32.0 Å². The summed E-state index contributed by atoms with van der Waals surface area (Å²) in [5.74, 6) is 1.34. The normalized spacial score (nSPS) is 11.0. The van der Waals surface area contributed by atoms with Gasteiger partial charge in [0.15, 0.2) is 5.96 Å². The molecule has 0 radical (unpaired) electrons. The number of halogens is 2. The van der Waals surface area contributed by atoms with Crippen molar-refractivity contribution in [1.29, 1.82) is 0 Å². The number of benzene rings is 1. The van der Waals surface area contributed by atoms with Gasteiger partial charge >= 0.3 is 0 Å². The molecule has 0 spiro atoms. The van der Waals surface area contributed by atoms with Gasteiger partial charge in [-0.3, -0.25) is 4.68 Å². The summed E-state index contributed by atoms with van der Waals surface area (Å²) >= 11 is 0. The van der Waals surface area contributed by atoms with Gasteiger partial charge in [0.05, 0.1) is 5.69 Å². The highest BCUT2D eigenvalue weighted by Crippen LogP contribution is 2.16. The monoisotopic (exact) mass is 475 g/mol. The van der Waals surface area contributed by atoms with E-state index in [0.717, 1.165) is 37.8 Å². The maximum absolute atomic E-state index is 13.7. The van der Waals surface area contributed by atoms with E-state index >= 15 is 0 Å². The topological polar surface area (TPSA) is 70.4 Å². The van der Waals surface area contributed by atoms with Crippen molar-refractivity contribution in [3.63, 3.8) is 0 Å². The second kappa shape index (κ2) is 11.7. The number of hydrogen-bond donors (Lipinski definition) is 2. The van der Waals surface area contributed by atoms with E-state index in [1.165, 1.54) is 12.4 Å². The molecule has 0 atom stereocenters. The summed E-state index contributed by atoms with van der Waals surface area (Å²) in [4.78, 5) is 10.6. The summed E-state index contributed by atoms with van der Waals surface area (Å²) < 4.78 is 15.5. The minimum Gasteiger partial charge on any atom is -0.372 e. The molecule has 9 heteroatoms. The predicted molar refractivity (Wildman–Crippen MR) is 114 cm³/mol. The molecule has 2 rings (SSSR count). The number of aliphatic imine (C=N–C) groups is 1. The number of anilines is 1. The van der Waals surface area contributed by atoms with Crippen LogP contribution in [0.15, 0.2) is 35.6 Å². The quantitative estimate of drug-likeness (QED) is 0.265. The minimum atomic E-state index is -0.198. The van der Waals surface area contributed by atoms with Crippen LogP contribution < -0.4 is 15.5 Å². The first-order chi connectivity index (χ1) is 12.1. The van der Waals surface area contributed by atoms with E-state index in [1.54, 1.807) is 16.8 Å². The van der Waals surface area contributed by atoms with Gasteiger partial charge in [0, 0.05) is 33.7 Å². The van der Waals surface area contributed by atoms with Gasteiger partial charge < -0.3 is 15.5 Å². The van der Waals surface area contributed by atoms with Crippen molar-refractivity contribution >= 4 is 35.6 Å². The molecule has 0 unspecified atom stereocenters. The van der Waals surface area contributed by atoms with Crippen molar-refractivity contribution in [1.82, 2.24) is 25.4 Å². The van der Waals surface area contributed by atoms with E-state index < -0.39 is 0 Å². The SMILES string of the molecule is CCNC(=NCc1ncnn1C)NCCCN(C)c1ccccc1F.I. The highest BCUT2D eigenvalue weighted by molar-refractivity contribution is 14.0. The standard InChI is InChI=1S/C17H26FN7.HI/c1-4-19-17(21-12-16-22-13-23-25(16)3)20-10-7-11-24(2)15-9-6-5-8-14(15)18;/h5-6,8-9,13H,4,7,10-12H2,1-3H3,(H2,19,20,21);1H. The highest BCUT2D eigenvalue weighted by atomic mass is 127. The molecular weight excluding hydrogens is 448 g/mol. The van der Waals surface area contributed by atoms with Crippen LogP contribution in [0, 0.1) is 5.82 Å². The van der Waals surface area contributed by atoms with E-state index in [9.17, 15) is 4.39 Å². The number of hydrogen-bond acceptors (Lipinski definition) is 4. The summed E-state index contributed by atoms with van der Waals surface area (Å²) in [7, 11) is 3.74. The summed E-state index contributed by atoms with van der Waals surface area (Å²) in [5.41, 5.74) is 0.616. The van der Waals surface area contributed by atoms with E-state index in [2.05, 4.69) is 25.7 Å². The fourth-order valence-electron chi connectivity index (χ4n) is 2.36. The fraction of sp³-hybridized carbons (Fsp3) is 0.471. The molecule has 0 aliphatic rings. The lowest BCUT2D eigenvalue weighted by Gasteiger charge is -2.20. The summed E-state index contributed by atoms with van der Waals surface area (Å²) in [5, 5.41) is 10.5. The van der Waals surface area contributed by atoms with Crippen LogP contribution in [0.2, 0.25) is 0 Å². The molecule has 2 aromatic rings. The fourth-order valence-corrected chi connectivity index (χ4v) is 2.36. The lowest BCUT2D eigenvalue weighted by Crippen LogP contribution is -2.38. The highest BCUT2D eigenvalue weighted by Gasteiger charge is 2.06. The molecule has 1 heterocycles. The number of para-hydroxylation sites is 1. The van der Waals surface area contributed by atoms with Gasteiger partial charge in [-0.05, 0) is 25.5 Å². The predicted octanol–water partition coefficient (Wildman–Crippen LogP) is 2.15. The van der Waals surface area contributed by atoms with Crippen LogP contribution in [0.3, 0.4) is 0 Å². The number of nitrogens with zero attached hydrogens (tertiary/aromatic N) is 5. The summed E-state index contributed by atoms with van der Waals surface area (Å²) in [6, 6.07) is 6.81. The number of guanidine groups is 1. The molecule has 7 nitrogen and oxygen atoms in total.